The Labute approximate surface area is 184 Å². The third kappa shape index (κ3) is 4.69. The van der Waals surface area contributed by atoms with E-state index in [1.54, 1.807) is 18.5 Å². The molecular formula is C26H21F3N2O. The van der Waals surface area contributed by atoms with Crippen LogP contribution in [0.4, 0.5) is 13.2 Å². The summed E-state index contributed by atoms with van der Waals surface area (Å²) in [7, 11) is 0. The third-order valence-electron chi connectivity index (χ3n) is 5.55. The molecule has 2 aromatic carbocycles. The molecule has 6 heteroatoms. The van der Waals surface area contributed by atoms with Crippen LogP contribution in [0.1, 0.15) is 47.3 Å². The van der Waals surface area contributed by atoms with Gasteiger partial charge in [-0.15, -0.1) is 0 Å². The predicted octanol–water partition coefficient (Wildman–Crippen LogP) is 7.08. The maximum Gasteiger partial charge on any atom is 0.416 e. The summed E-state index contributed by atoms with van der Waals surface area (Å²) in [4.78, 5) is 21.6. The van der Waals surface area contributed by atoms with Crippen LogP contribution < -0.4 is 0 Å². The molecule has 0 N–H and O–H groups in total. The van der Waals surface area contributed by atoms with Crippen molar-refractivity contribution in [2.24, 2.45) is 0 Å². The number of Topliss-reactive ketones (excluding diaryl/α,β-unsaturated/α-hetero) is 1. The number of rotatable bonds is 6. The lowest BCUT2D eigenvalue weighted by Crippen LogP contribution is -2.04. The molecule has 0 fully saturated rings. The van der Waals surface area contributed by atoms with Crippen LogP contribution in [0, 0.1) is 0 Å². The largest absolute Gasteiger partial charge is 0.416 e. The predicted molar refractivity (Wildman–Crippen MR) is 118 cm³/mol. The topological polar surface area (TPSA) is 42.9 Å². The summed E-state index contributed by atoms with van der Waals surface area (Å²) in [5, 5.41) is 0.769. The Kier molecular flexibility index (Phi) is 6.04. The first-order valence-corrected chi connectivity index (χ1v) is 10.3. The summed E-state index contributed by atoms with van der Waals surface area (Å²) in [5.41, 5.74) is 2.79. The molecule has 4 rings (SSSR count). The van der Waals surface area contributed by atoms with Crippen molar-refractivity contribution in [2.75, 3.05) is 0 Å². The van der Waals surface area contributed by atoms with Gasteiger partial charge in [-0.1, -0.05) is 43.3 Å². The maximum absolute atomic E-state index is 12.9. The van der Waals surface area contributed by atoms with Crippen molar-refractivity contribution in [1.29, 1.82) is 0 Å². The fourth-order valence-electron chi connectivity index (χ4n) is 3.69. The van der Waals surface area contributed by atoms with Crippen molar-refractivity contribution in [3.05, 3.63) is 95.9 Å². The zero-order valence-electron chi connectivity index (χ0n) is 17.4. The first kappa shape index (κ1) is 21.7. The van der Waals surface area contributed by atoms with Crippen LogP contribution in [0.5, 0.6) is 0 Å². The minimum atomic E-state index is -4.38. The van der Waals surface area contributed by atoms with Crippen LogP contribution in [-0.4, -0.2) is 15.8 Å². The van der Waals surface area contributed by atoms with Crippen molar-refractivity contribution in [1.82, 2.24) is 9.97 Å². The maximum atomic E-state index is 12.9. The molecule has 0 bridgehead atoms. The molecule has 0 aliphatic carbocycles. The van der Waals surface area contributed by atoms with Gasteiger partial charge >= 0.3 is 6.18 Å². The smallest absolute Gasteiger partial charge is 0.294 e. The molecule has 0 spiro atoms. The first-order valence-electron chi connectivity index (χ1n) is 10.3. The quantitative estimate of drug-likeness (QED) is 0.305. The number of benzene rings is 2. The summed E-state index contributed by atoms with van der Waals surface area (Å²) < 4.78 is 38.6. The molecule has 4 aromatic rings. The van der Waals surface area contributed by atoms with Crippen LogP contribution in [0.3, 0.4) is 0 Å². The minimum Gasteiger partial charge on any atom is -0.294 e. The van der Waals surface area contributed by atoms with E-state index in [2.05, 4.69) is 9.97 Å². The summed E-state index contributed by atoms with van der Waals surface area (Å²) in [6.07, 6.45) is -0.0271. The van der Waals surface area contributed by atoms with Crippen LogP contribution >= 0.6 is 0 Å². The van der Waals surface area contributed by atoms with Crippen molar-refractivity contribution in [3.8, 4) is 11.1 Å². The van der Waals surface area contributed by atoms with Gasteiger partial charge in [-0.25, -0.2) is 0 Å². The van der Waals surface area contributed by atoms with Crippen LogP contribution in [0.2, 0.25) is 0 Å². The lowest BCUT2D eigenvalue weighted by atomic mass is 9.96. The second kappa shape index (κ2) is 8.91. The number of carbonyl (C=O) groups is 1. The van der Waals surface area contributed by atoms with Crippen molar-refractivity contribution in [3.63, 3.8) is 0 Å². The number of hydrogen-bond acceptors (Lipinski definition) is 3. The number of fused-ring (bicyclic) bond motifs is 1. The molecule has 162 valence electrons. The Bertz CT molecular complexity index is 1240. The molecular weight excluding hydrogens is 413 g/mol. The molecule has 2 aromatic heterocycles. The van der Waals surface area contributed by atoms with Crippen LogP contribution in [-0.2, 0) is 6.18 Å². The molecule has 32 heavy (non-hydrogen) atoms. The molecule has 0 aliphatic rings. The van der Waals surface area contributed by atoms with Crippen molar-refractivity contribution in [2.45, 2.75) is 31.9 Å². The molecule has 0 saturated carbocycles. The zero-order chi connectivity index (χ0) is 22.7. The molecule has 0 amide bonds. The second-order valence-corrected chi connectivity index (χ2v) is 7.79. The summed E-state index contributed by atoms with van der Waals surface area (Å²) >= 11 is 0. The minimum absolute atomic E-state index is 0.00196. The molecule has 0 saturated heterocycles. The highest BCUT2D eigenvalue weighted by Crippen LogP contribution is 2.33. The Morgan fingerprint density at radius 2 is 1.75 bits per heavy atom. The number of ketones is 1. The fraction of sp³-hybridized carbons (Fsp3) is 0.192. The van der Waals surface area contributed by atoms with E-state index in [9.17, 15) is 18.0 Å². The monoisotopic (exact) mass is 434 g/mol. The Morgan fingerprint density at radius 3 is 2.44 bits per heavy atom. The van der Waals surface area contributed by atoms with Gasteiger partial charge in [0.2, 0.25) is 0 Å². The number of halogens is 3. The Morgan fingerprint density at radius 1 is 0.969 bits per heavy atom. The molecule has 3 nitrogen and oxygen atoms in total. The van der Waals surface area contributed by atoms with Crippen molar-refractivity contribution >= 4 is 16.7 Å². The van der Waals surface area contributed by atoms with E-state index in [1.165, 1.54) is 12.1 Å². The fourth-order valence-corrected chi connectivity index (χ4v) is 3.69. The first-order chi connectivity index (χ1) is 15.3. The summed E-state index contributed by atoms with van der Waals surface area (Å²) in [6.45, 7) is 2.05. The highest BCUT2D eigenvalue weighted by molar-refractivity contribution is 6.01. The number of carbonyl (C=O) groups excluding carboxylic acids is 1. The number of para-hydroxylation sites is 1. The highest BCUT2D eigenvalue weighted by Gasteiger charge is 2.30. The lowest BCUT2D eigenvalue weighted by Gasteiger charge is -2.11. The average Bonchev–Trinajstić information content (AvgIpc) is 2.81. The van der Waals surface area contributed by atoms with E-state index in [-0.39, 0.29) is 11.7 Å². The van der Waals surface area contributed by atoms with Gasteiger partial charge in [-0.05, 0) is 48.2 Å². The number of aromatic nitrogens is 2. The Balaban J connectivity index is 1.54. The van der Waals surface area contributed by atoms with Gasteiger partial charge in [0.05, 0.1) is 11.1 Å². The highest BCUT2D eigenvalue weighted by atomic mass is 19.4. The van der Waals surface area contributed by atoms with E-state index in [0.717, 1.165) is 28.8 Å². The molecule has 1 atom stereocenters. The summed E-state index contributed by atoms with van der Waals surface area (Å²) in [6, 6.07) is 18.0. The number of hydrogen-bond donors (Lipinski definition) is 0. The van der Waals surface area contributed by atoms with Gasteiger partial charge in [0.1, 0.15) is 0 Å². The third-order valence-corrected chi connectivity index (χ3v) is 5.55. The molecule has 0 unspecified atom stereocenters. The van der Waals surface area contributed by atoms with E-state index < -0.39 is 11.7 Å². The number of pyridine rings is 2. The zero-order valence-corrected chi connectivity index (χ0v) is 17.4. The van der Waals surface area contributed by atoms with Gasteiger partial charge < -0.3 is 0 Å². The molecule has 0 radical (unpaired) electrons. The van der Waals surface area contributed by atoms with E-state index in [4.69, 9.17) is 0 Å². The normalized spacial score (nSPS) is 12.6. The van der Waals surface area contributed by atoms with Crippen LogP contribution in [0.15, 0.2) is 79.1 Å². The second-order valence-electron chi connectivity index (χ2n) is 7.79. The van der Waals surface area contributed by atoms with E-state index in [1.807, 2.05) is 43.3 Å². The average molecular weight is 434 g/mol. The standard InChI is InChI=1S/C26H21F3N2O/c1-17(23-7-2-3-14-30-23)8-13-24(32)20-15-19-5-4-6-22(25(19)31-16-20)18-9-11-21(12-10-18)26(27,28)29/h2-7,9-12,14-17H,8,13H2,1H3/t17-/m0/s1. The van der Waals surface area contributed by atoms with Crippen LogP contribution in [0.25, 0.3) is 22.0 Å². The molecule has 0 aliphatic heterocycles. The van der Waals surface area contributed by atoms with E-state index >= 15 is 0 Å². The SMILES string of the molecule is C[C@@H](CCC(=O)c1cnc2c(-c3ccc(C(F)(F)F)cc3)cccc2c1)c1ccccn1. The van der Waals surface area contributed by atoms with E-state index in [0.29, 0.717) is 29.5 Å². The lowest BCUT2D eigenvalue weighted by molar-refractivity contribution is -0.137. The molecule has 2 heterocycles. The Hall–Kier alpha value is -3.54. The number of alkyl halides is 3. The number of nitrogens with zero attached hydrogens (tertiary/aromatic N) is 2. The van der Waals surface area contributed by atoms with Gasteiger partial charge in [0.25, 0.3) is 0 Å². The van der Waals surface area contributed by atoms with Gasteiger partial charge in [-0.3, -0.25) is 14.8 Å². The van der Waals surface area contributed by atoms with Gasteiger partial charge in [-0.2, -0.15) is 13.2 Å². The summed E-state index contributed by atoms with van der Waals surface area (Å²) in [5.74, 6) is 0.168. The van der Waals surface area contributed by atoms with Crippen molar-refractivity contribution < 1.29 is 18.0 Å². The van der Waals surface area contributed by atoms with Gasteiger partial charge in [0.15, 0.2) is 5.78 Å². The van der Waals surface area contributed by atoms with Gasteiger partial charge in [0, 0.05) is 41.0 Å².